The van der Waals surface area contributed by atoms with Crippen molar-refractivity contribution in [1.82, 2.24) is 15.5 Å². The zero-order valence-corrected chi connectivity index (χ0v) is 13.5. The van der Waals surface area contributed by atoms with E-state index in [-0.39, 0.29) is 5.91 Å². The van der Waals surface area contributed by atoms with Gasteiger partial charge in [-0.05, 0) is 24.3 Å². The molecule has 1 amide bonds. The molecular weight excluding hydrogens is 304 g/mol. The van der Waals surface area contributed by atoms with Crippen molar-refractivity contribution < 1.29 is 4.79 Å². The van der Waals surface area contributed by atoms with E-state index in [0.717, 1.165) is 34.1 Å². The molecule has 1 heterocycles. The van der Waals surface area contributed by atoms with Crippen LogP contribution < -0.4 is 11.1 Å². The molecule has 2 rings (SSSR count). The number of nitrogens with zero attached hydrogens (tertiary/aromatic N) is 2. The van der Waals surface area contributed by atoms with E-state index >= 15 is 0 Å². The van der Waals surface area contributed by atoms with Crippen molar-refractivity contribution in [2.24, 2.45) is 0 Å². The van der Waals surface area contributed by atoms with Crippen LogP contribution in [0.4, 0.5) is 5.13 Å². The molecule has 1 aromatic carbocycles. The molecule has 0 unspecified atom stereocenters. The van der Waals surface area contributed by atoms with Crippen LogP contribution in [0.3, 0.4) is 0 Å². The Morgan fingerprint density at radius 2 is 2.19 bits per heavy atom. The number of benzene rings is 1. The summed E-state index contributed by atoms with van der Waals surface area (Å²) in [6, 6.07) is 7.68. The minimum absolute atomic E-state index is 0.0247. The van der Waals surface area contributed by atoms with Gasteiger partial charge in [0.25, 0.3) is 5.91 Å². The fraction of sp³-hybridized carbons (Fsp3) is 0.357. The molecule has 0 saturated carbocycles. The first kappa shape index (κ1) is 15.8. The summed E-state index contributed by atoms with van der Waals surface area (Å²) in [6.07, 6.45) is 1.60. The second-order valence-corrected chi connectivity index (χ2v) is 6.72. The molecular formula is C14H18N4OS2. The zero-order chi connectivity index (χ0) is 15.1. The lowest BCUT2D eigenvalue weighted by molar-refractivity contribution is 0.0950. The van der Waals surface area contributed by atoms with Crippen LogP contribution in [0, 0.1) is 0 Å². The Balaban J connectivity index is 1.82. The van der Waals surface area contributed by atoms with Crippen LogP contribution in [-0.2, 0) is 6.42 Å². The summed E-state index contributed by atoms with van der Waals surface area (Å²) >= 11 is 3.07. The van der Waals surface area contributed by atoms with Gasteiger partial charge in [0, 0.05) is 17.9 Å². The highest BCUT2D eigenvalue weighted by Crippen LogP contribution is 2.22. The van der Waals surface area contributed by atoms with E-state index in [1.165, 1.54) is 11.3 Å². The van der Waals surface area contributed by atoms with Gasteiger partial charge in [-0.15, -0.1) is 22.0 Å². The van der Waals surface area contributed by atoms with E-state index in [4.69, 9.17) is 5.73 Å². The Kier molecular flexibility index (Phi) is 6.01. The molecule has 21 heavy (non-hydrogen) atoms. The van der Waals surface area contributed by atoms with Gasteiger partial charge in [0.15, 0.2) is 0 Å². The molecule has 0 saturated heterocycles. The zero-order valence-electron chi connectivity index (χ0n) is 11.8. The maximum atomic E-state index is 12.2. The average Bonchev–Trinajstić information content (AvgIpc) is 2.90. The molecule has 2 aromatic rings. The Labute approximate surface area is 132 Å². The van der Waals surface area contributed by atoms with E-state index in [2.05, 4.69) is 22.4 Å². The van der Waals surface area contributed by atoms with E-state index in [0.29, 0.717) is 11.7 Å². The lowest BCUT2D eigenvalue weighted by Crippen LogP contribution is -2.25. The maximum Gasteiger partial charge on any atom is 0.252 e. The lowest BCUT2D eigenvalue weighted by Gasteiger charge is -2.08. The minimum Gasteiger partial charge on any atom is -0.374 e. The van der Waals surface area contributed by atoms with Gasteiger partial charge in [0.2, 0.25) is 5.13 Å². The molecule has 7 heteroatoms. The molecule has 0 bridgehead atoms. The number of nitrogens with two attached hydrogens (primary N) is 1. The quantitative estimate of drug-likeness (QED) is 0.605. The number of anilines is 1. The van der Waals surface area contributed by atoms with E-state index in [1.54, 1.807) is 11.8 Å². The molecule has 1 aromatic heterocycles. The number of nitrogen functional groups attached to an aromatic ring is 1. The number of thioether (sulfide) groups is 1. The number of carbonyl (C=O) groups is 1. The number of carbonyl (C=O) groups excluding carboxylic acids is 1. The summed E-state index contributed by atoms with van der Waals surface area (Å²) in [5.74, 6) is 0.922. The van der Waals surface area contributed by atoms with Crippen molar-refractivity contribution in [1.29, 1.82) is 0 Å². The van der Waals surface area contributed by atoms with Gasteiger partial charge >= 0.3 is 0 Å². The van der Waals surface area contributed by atoms with E-state index in [1.807, 2.05) is 24.3 Å². The molecule has 0 aliphatic carbocycles. The van der Waals surface area contributed by atoms with Gasteiger partial charge in [-0.1, -0.05) is 30.4 Å². The number of hydrogen-bond donors (Lipinski definition) is 2. The number of aromatic nitrogens is 2. The van der Waals surface area contributed by atoms with Gasteiger partial charge in [-0.25, -0.2) is 0 Å². The SMILES string of the molecule is CCSc1ccccc1C(=O)NCCCc1nnc(N)s1. The summed E-state index contributed by atoms with van der Waals surface area (Å²) in [5.41, 5.74) is 6.27. The summed E-state index contributed by atoms with van der Waals surface area (Å²) in [7, 11) is 0. The van der Waals surface area contributed by atoms with Crippen LogP contribution in [0.15, 0.2) is 29.2 Å². The highest BCUT2D eigenvalue weighted by atomic mass is 32.2. The van der Waals surface area contributed by atoms with Crippen LogP contribution in [-0.4, -0.2) is 28.4 Å². The summed E-state index contributed by atoms with van der Waals surface area (Å²) < 4.78 is 0. The Bertz CT molecular complexity index is 600. The molecule has 5 nitrogen and oxygen atoms in total. The summed E-state index contributed by atoms with van der Waals surface area (Å²) in [6.45, 7) is 2.69. The van der Waals surface area contributed by atoms with Gasteiger partial charge in [0.05, 0.1) is 5.56 Å². The van der Waals surface area contributed by atoms with E-state index in [9.17, 15) is 4.79 Å². The number of aryl methyl sites for hydroxylation is 1. The fourth-order valence-corrected chi connectivity index (χ4v) is 3.29. The fourth-order valence-electron chi connectivity index (χ4n) is 1.84. The first-order valence-electron chi connectivity index (χ1n) is 6.78. The van der Waals surface area contributed by atoms with Crippen LogP contribution in [0.25, 0.3) is 0 Å². The van der Waals surface area contributed by atoms with Crippen molar-refractivity contribution >= 4 is 34.1 Å². The first-order valence-corrected chi connectivity index (χ1v) is 8.58. The predicted molar refractivity (Wildman–Crippen MR) is 87.8 cm³/mol. The number of amides is 1. The Morgan fingerprint density at radius 3 is 2.90 bits per heavy atom. The van der Waals surface area contributed by atoms with Crippen LogP contribution in [0.5, 0.6) is 0 Å². The second kappa shape index (κ2) is 7.99. The number of rotatable bonds is 7. The Morgan fingerprint density at radius 1 is 1.38 bits per heavy atom. The number of nitrogens with one attached hydrogen (secondary N) is 1. The molecule has 0 atom stereocenters. The highest BCUT2D eigenvalue weighted by molar-refractivity contribution is 7.99. The van der Waals surface area contributed by atoms with Crippen LogP contribution >= 0.6 is 23.1 Å². The average molecular weight is 322 g/mol. The third-order valence-corrected chi connectivity index (χ3v) is 4.53. The van der Waals surface area contributed by atoms with Crippen LogP contribution in [0.2, 0.25) is 0 Å². The topological polar surface area (TPSA) is 80.9 Å². The van der Waals surface area contributed by atoms with Gasteiger partial charge in [-0.2, -0.15) is 0 Å². The third-order valence-electron chi connectivity index (χ3n) is 2.77. The van der Waals surface area contributed by atoms with Crippen molar-refractivity contribution in [3.05, 3.63) is 34.8 Å². The monoisotopic (exact) mass is 322 g/mol. The molecule has 112 valence electrons. The number of hydrogen-bond acceptors (Lipinski definition) is 6. The van der Waals surface area contributed by atoms with Crippen molar-refractivity contribution in [2.75, 3.05) is 18.0 Å². The summed E-state index contributed by atoms with van der Waals surface area (Å²) in [5, 5.41) is 12.1. The molecule has 0 aliphatic rings. The molecule has 0 radical (unpaired) electrons. The van der Waals surface area contributed by atoms with Crippen molar-refractivity contribution in [3.8, 4) is 0 Å². The highest BCUT2D eigenvalue weighted by Gasteiger charge is 2.10. The molecule has 0 aliphatic heterocycles. The Hall–Kier alpha value is -1.60. The summed E-state index contributed by atoms with van der Waals surface area (Å²) in [4.78, 5) is 13.2. The minimum atomic E-state index is -0.0247. The maximum absolute atomic E-state index is 12.2. The smallest absolute Gasteiger partial charge is 0.252 e. The first-order chi connectivity index (χ1) is 10.2. The molecule has 0 fully saturated rings. The van der Waals surface area contributed by atoms with E-state index < -0.39 is 0 Å². The van der Waals surface area contributed by atoms with Crippen LogP contribution in [0.1, 0.15) is 28.7 Å². The van der Waals surface area contributed by atoms with Gasteiger partial charge < -0.3 is 11.1 Å². The van der Waals surface area contributed by atoms with Crippen molar-refractivity contribution in [3.63, 3.8) is 0 Å². The van der Waals surface area contributed by atoms with Gasteiger partial charge in [0.1, 0.15) is 5.01 Å². The predicted octanol–water partition coefficient (Wildman–Crippen LogP) is 2.59. The van der Waals surface area contributed by atoms with Gasteiger partial charge in [-0.3, -0.25) is 4.79 Å². The molecule has 0 spiro atoms. The van der Waals surface area contributed by atoms with Crippen molar-refractivity contribution in [2.45, 2.75) is 24.7 Å². The normalized spacial score (nSPS) is 10.5. The third kappa shape index (κ3) is 4.71. The lowest BCUT2D eigenvalue weighted by atomic mass is 10.2. The second-order valence-electron chi connectivity index (χ2n) is 4.32. The molecule has 3 N–H and O–H groups in total. The largest absolute Gasteiger partial charge is 0.374 e. The standard InChI is InChI=1S/C14H18N4OS2/c1-2-20-11-7-4-3-6-10(11)13(19)16-9-5-8-12-17-18-14(15)21-12/h3-4,6-7H,2,5,8-9H2,1H3,(H2,15,18)(H,16,19).